The van der Waals surface area contributed by atoms with Crippen molar-refractivity contribution in [1.82, 2.24) is 0 Å². The van der Waals surface area contributed by atoms with E-state index in [4.69, 9.17) is 4.42 Å². The Bertz CT molecular complexity index is 2490. The third-order valence-electron chi connectivity index (χ3n) is 8.86. The van der Waals surface area contributed by atoms with Gasteiger partial charge in [0.15, 0.2) is 0 Å². The number of hydrogen-bond acceptors (Lipinski definition) is 1. The minimum Gasteiger partial charge on any atom is -0.456 e. The Morgan fingerprint density at radius 1 is 0.302 bits per heavy atom. The summed E-state index contributed by atoms with van der Waals surface area (Å²) in [7, 11) is 0. The monoisotopic (exact) mass is 546 g/mol. The predicted octanol–water partition coefficient (Wildman–Crippen LogP) is 12.0. The van der Waals surface area contributed by atoms with Gasteiger partial charge >= 0.3 is 0 Å². The molecule has 200 valence electrons. The van der Waals surface area contributed by atoms with Crippen molar-refractivity contribution < 1.29 is 4.42 Å². The molecule has 9 rings (SSSR count). The number of hydrogen-bond donors (Lipinski definition) is 0. The first-order chi connectivity index (χ1) is 21.3. The van der Waals surface area contributed by atoms with Gasteiger partial charge in [0.25, 0.3) is 0 Å². The maximum Gasteiger partial charge on any atom is 0.136 e. The van der Waals surface area contributed by atoms with Crippen molar-refractivity contribution in [3.05, 3.63) is 158 Å². The van der Waals surface area contributed by atoms with Gasteiger partial charge in [-0.2, -0.15) is 0 Å². The van der Waals surface area contributed by atoms with E-state index >= 15 is 0 Å². The first kappa shape index (κ1) is 24.0. The van der Waals surface area contributed by atoms with Gasteiger partial charge in [-0.1, -0.05) is 133 Å². The lowest BCUT2D eigenvalue weighted by Crippen LogP contribution is -1.92. The first-order valence-corrected chi connectivity index (χ1v) is 14.8. The van der Waals surface area contributed by atoms with Crippen LogP contribution < -0.4 is 0 Å². The van der Waals surface area contributed by atoms with Crippen molar-refractivity contribution >= 4 is 54.3 Å². The third-order valence-corrected chi connectivity index (χ3v) is 8.86. The number of para-hydroxylation sites is 1. The van der Waals surface area contributed by atoms with Crippen LogP contribution >= 0.6 is 0 Å². The van der Waals surface area contributed by atoms with Gasteiger partial charge in [-0.25, -0.2) is 0 Å². The molecule has 0 fully saturated rings. The lowest BCUT2D eigenvalue weighted by Gasteiger charge is -2.19. The van der Waals surface area contributed by atoms with Crippen molar-refractivity contribution in [1.29, 1.82) is 0 Å². The standard InChI is InChI=1S/C42H26O/c1-2-11-27(12-3-1)29-21-24-37-38(25-29)41(30-22-23-33-32-16-8-9-20-39(32)43-40(33)26-30)35-17-6-7-18-36(35)42(37)34-19-10-14-28-13-4-5-15-31(28)34/h1-26H. The fourth-order valence-corrected chi connectivity index (χ4v) is 6.91. The van der Waals surface area contributed by atoms with Crippen LogP contribution in [-0.4, -0.2) is 0 Å². The molecule has 1 nitrogen and oxygen atoms in total. The van der Waals surface area contributed by atoms with E-state index in [1.54, 1.807) is 0 Å². The van der Waals surface area contributed by atoms with Crippen LogP contribution in [0.1, 0.15) is 0 Å². The fourth-order valence-electron chi connectivity index (χ4n) is 6.91. The zero-order valence-electron chi connectivity index (χ0n) is 23.4. The van der Waals surface area contributed by atoms with Crippen molar-refractivity contribution in [2.24, 2.45) is 0 Å². The van der Waals surface area contributed by atoms with E-state index in [2.05, 4.69) is 146 Å². The van der Waals surface area contributed by atoms with Crippen molar-refractivity contribution in [3.63, 3.8) is 0 Å². The Balaban J connectivity index is 1.43. The summed E-state index contributed by atoms with van der Waals surface area (Å²) >= 11 is 0. The average molecular weight is 547 g/mol. The van der Waals surface area contributed by atoms with Crippen molar-refractivity contribution in [3.8, 4) is 33.4 Å². The first-order valence-electron chi connectivity index (χ1n) is 14.8. The Morgan fingerprint density at radius 3 is 1.77 bits per heavy atom. The lowest BCUT2D eigenvalue weighted by atomic mass is 9.83. The van der Waals surface area contributed by atoms with E-state index in [0.717, 1.165) is 27.5 Å². The van der Waals surface area contributed by atoms with Gasteiger partial charge in [-0.3, -0.25) is 0 Å². The second-order valence-corrected chi connectivity index (χ2v) is 11.3. The topological polar surface area (TPSA) is 13.1 Å². The molecule has 0 aliphatic rings. The van der Waals surface area contributed by atoms with Gasteiger partial charge in [-0.05, 0) is 90.0 Å². The number of rotatable bonds is 3. The van der Waals surface area contributed by atoms with Crippen LogP contribution in [-0.2, 0) is 0 Å². The molecule has 9 aromatic rings. The second-order valence-electron chi connectivity index (χ2n) is 11.3. The van der Waals surface area contributed by atoms with E-state index in [1.165, 1.54) is 60.1 Å². The molecule has 1 heteroatoms. The number of furan rings is 1. The van der Waals surface area contributed by atoms with E-state index in [0.29, 0.717) is 0 Å². The molecular weight excluding hydrogens is 520 g/mol. The molecule has 0 saturated heterocycles. The summed E-state index contributed by atoms with van der Waals surface area (Å²) in [5.74, 6) is 0. The largest absolute Gasteiger partial charge is 0.456 e. The second kappa shape index (κ2) is 9.44. The van der Waals surface area contributed by atoms with Crippen LogP contribution in [0.3, 0.4) is 0 Å². The Kier molecular flexibility index (Phi) is 5.27. The van der Waals surface area contributed by atoms with Crippen molar-refractivity contribution in [2.45, 2.75) is 0 Å². The van der Waals surface area contributed by atoms with Gasteiger partial charge in [-0.15, -0.1) is 0 Å². The van der Waals surface area contributed by atoms with Gasteiger partial charge < -0.3 is 4.42 Å². The quantitative estimate of drug-likeness (QED) is 0.201. The summed E-state index contributed by atoms with van der Waals surface area (Å²) < 4.78 is 6.37. The van der Waals surface area contributed by atoms with Crippen LogP contribution in [0.15, 0.2) is 162 Å². The SMILES string of the molecule is c1ccc(-c2ccc3c(-c4cccc5ccccc45)c4ccccc4c(-c4ccc5c(c4)oc4ccccc45)c3c2)cc1. The maximum atomic E-state index is 6.37. The molecule has 0 N–H and O–H groups in total. The molecule has 0 amide bonds. The third kappa shape index (κ3) is 3.72. The highest BCUT2D eigenvalue weighted by atomic mass is 16.3. The minimum absolute atomic E-state index is 0.910. The van der Waals surface area contributed by atoms with Gasteiger partial charge in [0, 0.05) is 10.8 Å². The minimum atomic E-state index is 0.910. The summed E-state index contributed by atoms with van der Waals surface area (Å²) in [6.07, 6.45) is 0. The average Bonchev–Trinajstić information content (AvgIpc) is 3.45. The Labute approximate surface area is 249 Å². The number of fused-ring (bicyclic) bond motifs is 6. The Hall–Kier alpha value is -5.66. The zero-order chi connectivity index (χ0) is 28.3. The number of benzene rings is 8. The molecule has 1 heterocycles. The molecule has 43 heavy (non-hydrogen) atoms. The molecule has 8 aromatic carbocycles. The maximum absolute atomic E-state index is 6.37. The van der Waals surface area contributed by atoms with Crippen LogP contribution in [0, 0.1) is 0 Å². The van der Waals surface area contributed by atoms with E-state index in [9.17, 15) is 0 Å². The van der Waals surface area contributed by atoms with Gasteiger partial charge in [0.1, 0.15) is 11.2 Å². The summed E-state index contributed by atoms with van der Waals surface area (Å²) in [5, 5.41) is 9.77. The normalized spacial score (nSPS) is 11.7. The van der Waals surface area contributed by atoms with Gasteiger partial charge in [0.2, 0.25) is 0 Å². The van der Waals surface area contributed by atoms with Crippen LogP contribution in [0.2, 0.25) is 0 Å². The molecule has 0 aliphatic carbocycles. The smallest absolute Gasteiger partial charge is 0.136 e. The highest BCUT2D eigenvalue weighted by molar-refractivity contribution is 6.24. The molecule has 0 unspecified atom stereocenters. The summed E-state index contributed by atoms with van der Waals surface area (Å²) in [4.78, 5) is 0. The van der Waals surface area contributed by atoms with Crippen molar-refractivity contribution in [2.75, 3.05) is 0 Å². The van der Waals surface area contributed by atoms with Crippen LogP contribution in [0.4, 0.5) is 0 Å². The summed E-state index contributed by atoms with van der Waals surface area (Å²) in [6, 6.07) is 56.9. The molecule has 0 bridgehead atoms. The van der Waals surface area contributed by atoms with E-state index in [1.807, 2.05) is 12.1 Å². The fraction of sp³-hybridized carbons (Fsp3) is 0. The zero-order valence-corrected chi connectivity index (χ0v) is 23.4. The lowest BCUT2D eigenvalue weighted by molar-refractivity contribution is 0.669. The molecule has 0 aliphatic heterocycles. The van der Waals surface area contributed by atoms with Crippen LogP contribution in [0.25, 0.3) is 87.6 Å². The summed E-state index contributed by atoms with van der Waals surface area (Å²) in [6.45, 7) is 0. The summed E-state index contributed by atoms with van der Waals surface area (Å²) in [5.41, 5.74) is 9.16. The Morgan fingerprint density at radius 2 is 0.907 bits per heavy atom. The molecule has 0 saturated carbocycles. The van der Waals surface area contributed by atoms with Gasteiger partial charge in [0.05, 0.1) is 0 Å². The van der Waals surface area contributed by atoms with Crippen LogP contribution in [0.5, 0.6) is 0 Å². The van der Waals surface area contributed by atoms with E-state index in [-0.39, 0.29) is 0 Å². The molecule has 0 atom stereocenters. The molecule has 1 aromatic heterocycles. The molecule has 0 spiro atoms. The molecule has 0 radical (unpaired) electrons. The molecular formula is C42H26O. The van der Waals surface area contributed by atoms with E-state index < -0.39 is 0 Å². The predicted molar refractivity (Wildman–Crippen MR) is 183 cm³/mol. The highest BCUT2D eigenvalue weighted by Crippen LogP contribution is 2.47. The highest BCUT2D eigenvalue weighted by Gasteiger charge is 2.19.